The average Bonchev–Trinajstić information content (AvgIpc) is 3.07. The normalized spacial score (nSPS) is 21.8. The highest BCUT2D eigenvalue weighted by Gasteiger charge is 2.25. The van der Waals surface area contributed by atoms with Crippen molar-refractivity contribution in [2.75, 3.05) is 13.1 Å². The smallest absolute Gasteiger partial charge is 0.263 e. The first-order valence-electron chi connectivity index (χ1n) is 7.60. The van der Waals surface area contributed by atoms with Gasteiger partial charge < -0.3 is 15.1 Å². The van der Waals surface area contributed by atoms with E-state index in [0.717, 1.165) is 41.7 Å². The van der Waals surface area contributed by atoms with Crippen LogP contribution < -0.4 is 10.6 Å². The topological polar surface area (TPSA) is 67.2 Å². The molecule has 0 spiro atoms. The number of aromatic nitrogens is 1. The second-order valence-corrected chi connectivity index (χ2v) is 6.89. The van der Waals surface area contributed by atoms with E-state index in [-0.39, 0.29) is 11.9 Å². The Labute approximate surface area is 134 Å². The van der Waals surface area contributed by atoms with E-state index in [1.807, 2.05) is 26.0 Å². The number of hydrogen-bond donors (Lipinski definition) is 2. The number of furan rings is 1. The minimum absolute atomic E-state index is 0.0247. The molecular weight excluding hydrogens is 298 g/mol. The van der Waals surface area contributed by atoms with Crippen molar-refractivity contribution in [2.45, 2.75) is 33.2 Å². The van der Waals surface area contributed by atoms with Crippen molar-refractivity contribution < 1.29 is 9.21 Å². The molecule has 0 bridgehead atoms. The van der Waals surface area contributed by atoms with Crippen LogP contribution in [0.15, 0.2) is 16.5 Å². The monoisotopic (exact) mass is 319 g/mol. The number of rotatable bonds is 3. The molecule has 2 aromatic heterocycles. The molecule has 3 rings (SSSR count). The van der Waals surface area contributed by atoms with Gasteiger partial charge in [-0.05, 0) is 51.4 Å². The van der Waals surface area contributed by atoms with Gasteiger partial charge in [-0.15, -0.1) is 11.3 Å². The molecule has 5 nitrogen and oxygen atoms in total. The van der Waals surface area contributed by atoms with Gasteiger partial charge in [0.1, 0.15) is 10.6 Å². The first-order chi connectivity index (χ1) is 10.5. The third-order valence-corrected chi connectivity index (χ3v) is 5.23. The molecule has 2 atom stereocenters. The van der Waals surface area contributed by atoms with Crippen molar-refractivity contribution in [3.63, 3.8) is 0 Å². The van der Waals surface area contributed by atoms with E-state index >= 15 is 0 Å². The van der Waals surface area contributed by atoms with Gasteiger partial charge in [0.15, 0.2) is 10.8 Å². The Morgan fingerprint density at radius 3 is 2.95 bits per heavy atom. The maximum atomic E-state index is 12.5. The van der Waals surface area contributed by atoms with Gasteiger partial charge >= 0.3 is 0 Å². The van der Waals surface area contributed by atoms with E-state index in [1.54, 1.807) is 0 Å². The van der Waals surface area contributed by atoms with Crippen LogP contribution in [-0.2, 0) is 0 Å². The Bertz CT molecular complexity index is 677. The Balaban J connectivity index is 1.76. The Morgan fingerprint density at radius 2 is 2.27 bits per heavy atom. The molecule has 1 fully saturated rings. The Morgan fingerprint density at radius 1 is 1.45 bits per heavy atom. The van der Waals surface area contributed by atoms with Crippen molar-refractivity contribution in [3.8, 4) is 10.8 Å². The van der Waals surface area contributed by atoms with Crippen molar-refractivity contribution in [2.24, 2.45) is 5.92 Å². The van der Waals surface area contributed by atoms with Gasteiger partial charge in [-0.1, -0.05) is 6.92 Å². The van der Waals surface area contributed by atoms with E-state index in [0.29, 0.717) is 10.8 Å². The van der Waals surface area contributed by atoms with Gasteiger partial charge in [0, 0.05) is 6.04 Å². The van der Waals surface area contributed by atoms with Gasteiger partial charge in [-0.3, -0.25) is 4.79 Å². The molecule has 1 saturated heterocycles. The fraction of sp³-hybridized carbons (Fsp3) is 0.500. The quantitative estimate of drug-likeness (QED) is 0.913. The van der Waals surface area contributed by atoms with Gasteiger partial charge in [-0.2, -0.15) is 0 Å². The molecule has 22 heavy (non-hydrogen) atoms. The summed E-state index contributed by atoms with van der Waals surface area (Å²) in [5.41, 5.74) is 0.758. The number of amides is 1. The molecule has 0 aliphatic carbocycles. The number of aryl methyl sites for hydroxylation is 2. The van der Waals surface area contributed by atoms with Crippen LogP contribution in [0.25, 0.3) is 10.8 Å². The highest BCUT2D eigenvalue weighted by atomic mass is 32.1. The minimum atomic E-state index is -0.0247. The zero-order chi connectivity index (χ0) is 15.7. The zero-order valence-corrected chi connectivity index (χ0v) is 13.9. The molecule has 3 heterocycles. The lowest BCUT2D eigenvalue weighted by molar-refractivity contribution is 0.0917. The van der Waals surface area contributed by atoms with Crippen LogP contribution in [0.5, 0.6) is 0 Å². The average molecular weight is 319 g/mol. The zero-order valence-electron chi connectivity index (χ0n) is 13.1. The number of piperidine rings is 1. The number of thiazole rings is 1. The third kappa shape index (κ3) is 3.08. The molecule has 1 aliphatic heterocycles. The number of nitrogens with zero attached hydrogens (tertiary/aromatic N) is 1. The van der Waals surface area contributed by atoms with E-state index in [2.05, 4.69) is 22.5 Å². The van der Waals surface area contributed by atoms with E-state index in [4.69, 9.17) is 4.42 Å². The lowest BCUT2D eigenvalue weighted by atomic mass is 9.95. The van der Waals surface area contributed by atoms with Gasteiger partial charge in [0.05, 0.1) is 5.69 Å². The summed E-state index contributed by atoms with van der Waals surface area (Å²) in [6, 6.07) is 4.02. The molecule has 2 N–H and O–H groups in total. The van der Waals surface area contributed by atoms with Crippen molar-refractivity contribution >= 4 is 17.2 Å². The molecular formula is C16H21N3O2S. The number of carbonyl (C=O) groups is 1. The first kappa shape index (κ1) is 15.2. The minimum Gasteiger partial charge on any atom is -0.459 e. The molecule has 0 radical (unpaired) electrons. The largest absolute Gasteiger partial charge is 0.459 e. The van der Waals surface area contributed by atoms with Gasteiger partial charge in [0.25, 0.3) is 5.91 Å². The van der Waals surface area contributed by atoms with E-state index in [9.17, 15) is 4.79 Å². The summed E-state index contributed by atoms with van der Waals surface area (Å²) in [5, 5.41) is 7.26. The lowest BCUT2D eigenvalue weighted by Gasteiger charge is -2.30. The fourth-order valence-electron chi connectivity index (χ4n) is 2.72. The number of hydrogen-bond acceptors (Lipinski definition) is 5. The van der Waals surface area contributed by atoms with E-state index in [1.165, 1.54) is 11.3 Å². The van der Waals surface area contributed by atoms with Gasteiger partial charge in [-0.25, -0.2) is 4.98 Å². The second kappa shape index (κ2) is 6.22. The Hall–Kier alpha value is -1.66. The highest BCUT2D eigenvalue weighted by Crippen LogP contribution is 2.29. The maximum absolute atomic E-state index is 12.5. The molecule has 6 heteroatoms. The predicted octanol–water partition coefficient (Wildman–Crippen LogP) is 2.75. The predicted molar refractivity (Wildman–Crippen MR) is 87.2 cm³/mol. The molecule has 1 aliphatic rings. The maximum Gasteiger partial charge on any atom is 0.263 e. The SMILES string of the molecule is Cc1ccc(-c2nc(C)c(C(=O)NC3CCNCC3C)s2)o1. The Kier molecular flexibility index (Phi) is 4.31. The summed E-state index contributed by atoms with van der Waals surface area (Å²) in [4.78, 5) is 17.7. The van der Waals surface area contributed by atoms with Crippen molar-refractivity contribution in [1.82, 2.24) is 15.6 Å². The summed E-state index contributed by atoms with van der Waals surface area (Å²) < 4.78 is 5.59. The van der Waals surface area contributed by atoms with Crippen LogP contribution >= 0.6 is 11.3 Å². The third-order valence-electron chi connectivity index (χ3n) is 4.06. The fourth-order valence-corrected chi connectivity index (χ4v) is 3.66. The summed E-state index contributed by atoms with van der Waals surface area (Å²) in [5.74, 6) is 1.98. The summed E-state index contributed by atoms with van der Waals surface area (Å²) in [7, 11) is 0. The molecule has 0 aromatic carbocycles. The van der Waals surface area contributed by atoms with Crippen LogP contribution in [0.2, 0.25) is 0 Å². The molecule has 1 amide bonds. The standard InChI is InChI=1S/C16H21N3O2S/c1-9-8-17-7-6-12(9)19-15(20)14-11(3)18-16(22-14)13-5-4-10(2)21-13/h4-5,9,12,17H,6-8H2,1-3H3,(H,19,20). The highest BCUT2D eigenvalue weighted by molar-refractivity contribution is 7.17. The van der Waals surface area contributed by atoms with Crippen LogP contribution in [0.3, 0.4) is 0 Å². The summed E-state index contributed by atoms with van der Waals surface area (Å²) >= 11 is 1.39. The van der Waals surface area contributed by atoms with E-state index < -0.39 is 0 Å². The molecule has 2 unspecified atom stereocenters. The van der Waals surface area contributed by atoms with Crippen LogP contribution in [0, 0.1) is 19.8 Å². The molecule has 2 aromatic rings. The van der Waals surface area contributed by atoms with Crippen LogP contribution in [0.4, 0.5) is 0 Å². The molecule has 118 valence electrons. The van der Waals surface area contributed by atoms with Gasteiger partial charge in [0.2, 0.25) is 0 Å². The van der Waals surface area contributed by atoms with Crippen molar-refractivity contribution in [3.05, 3.63) is 28.5 Å². The second-order valence-electron chi connectivity index (χ2n) is 5.89. The molecule has 0 saturated carbocycles. The van der Waals surface area contributed by atoms with Crippen LogP contribution in [-0.4, -0.2) is 30.0 Å². The lowest BCUT2D eigenvalue weighted by Crippen LogP contribution is -2.48. The summed E-state index contributed by atoms with van der Waals surface area (Å²) in [6.45, 7) is 7.83. The number of carbonyl (C=O) groups excluding carboxylic acids is 1. The van der Waals surface area contributed by atoms with Crippen molar-refractivity contribution in [1.29, 1.82) is 0 Å². The first-order valence-corrected chi connectivity index (χ1v) is 8.42. The van der Waals surface area contributed by atoms with Crippen LogP contribution in [0.1, 0.15) is 34.5 Å². The summed E-state index contributed by atoms with van der Waals surface area (Å²) in [6.07, 6.45) is 0.967. The number of nitrogens with one attached hydrogen (secondary N) is 2.